The van der Waals surface area contributed by atoms with Gasteiger partial charge in [0.1, 0.15) is 12.4 Å². The van der Waals surface area contributed by atoms with Crippen LogP contribution in [-0.2, 0) is 4.79 Å². The molecule has 0 bridgehead atoms. The molecule has 1 saturated carbocycles. The zero-order valence-corrected chi connectivity index (χ0v) is 7.18. The Morgan fingerprint density at radius 3 is 2.58 bits per heavy atom. The van der Waals surface area contributed by atoms with Crippen molar-refractivity contribution in [2.45, 2.75) is 32.1 Å². The third-order valence-corrected chi connectivity index (χ3v) is 2.65. The van der Waals surface area contributed by atoms with Crippen molar-refractivity contribution in [1.82, 2.24) is 5.32 Å². The lowest BCUT2D eigenvalue weighted by atomic mass is 9.88. The first-order valence-electron chi connectivity index (χ1n) is 4.70. The van der Waals surface area contributed by atoms with Gasteiger partial charge < -0.3 is 5.32 Å². The number of nitrogens with one attached hydrogen (secondary N) is 1. The average Bonchev–Trinajstić information content (AvgIpc) is 2.54. The van der Waals surface area contributed by atoms with Crippen LogP contribution in [0.4, 0.5) is 0 Å². The van der Waals surface area contributed by atoms with Crippen molar-refractivity contribution in [3.63, 3.8) is 0 Å². The van der Waals surface area contributed by atoms with Crippen molar-refractivity contribution in [3.8, 4) is 0 Å². The molecule has 0 saturated heterocycles. The Hall–Kier alpha value is -0.860. The fourth-order valence-corrected chi connectivity index (χ4v) is 1.99. The Kier molecular flexibility index (Phi) is 2.11. The van der Waals surface area contributed by atoms with Gasteiger partial charge in [0.05, 0.1) is 0 Å². The molecule has 1 amide bonds. The summed E-state index contributed by atoms with van der Waals surface area (Å²) in [5.41, 5.74) is 0. The second-order valence-electron chi connectivity index (χ2n) is 3.58. The van der Waals surface area contributed by atoms with Gasteiger partial charge in [0.15, 0.2) is 0 Å². The normalized spacial score (nSPS) is 25.3. The quantitative estimate of drug-likeness (QED) is 0.622. The molecule has 1 aliphatic heterocycles. The van der Waals surface area contributed by atoms with Gasteiger partial charge in [-0.25, -0.2) is 0 Å². The second-order valence-corrected chi connectivity index (χ2v) is 3.58. The molecule has 12 heavy (non-hydrogen) atoms. The van der Waals surface area contributed by atoms with E-state index < -0.39 is 0 Å². The molecule has 0 unspecified atom stereocenters. The molecule has 2 aliphatic rings. The summed E-state index contributed by atoms with van der Waals surface area (Å²) < 4.78 is 0. The van der Waals surface area contributed by atoms with Crippen LogP contribution in [0.2, 0.25) is 0 Å². The highest BCUT2D eigenvalue weighted by Gasteiger charge is 2.23. The van der Waals surface area contributed by atoms with Crippen molar-refractivity contribution in [2.24, 2.45) is 10.9 Å². The van der Waals surface area contributed by atoms with Crippen LogP contribution in [0.1, 0.15) is 32.1 Å². The van der Waals surface area contributed by atoms with E-state index in [0.29, 0.717) is 12.5 Å². The maximum Gasteiger partial charge on any atom is 0.247 e. The summed E-state index contributed by atoms with van der Waals surface area (Å²) in [5.74, 6) is 1.57. The molecule has 1 aliphatic carbocycles. The van der Waals surface area contributed by atoms with Crippen LogP contribution >= 0.6 is 0 Å². The number of hydrogen-bond acceptors (Lipinski definition) is 2. The maximum absolute atomic E-state index is 10.9. The molecule has 0 atom stereocenters. The maximum atomic E-state index is 10.9. The fourth-order valence-electron chi connectivity index (χ4n) is 1.99. The van der Waals surface area contributed by atoms with E-state index in [1.807, 2.05) is 0 Å². The van der Waals surface area contributed by atoms with Crippen LogP contribution in [0, 0.1) is 5.92 Å². The van der Waals surface area contributed by atoms with E-state index in [-0.39, 0.29) is 5.91 Å². The molecule has 2 rings (SSSR count). The number of amidine groups is 1. The fraction of sp³-hybridized carbons (Fsp3) is 0.778. The average molecular weight is 166 g/mol. The smallest absolute Gasteiger partial charge is 0.247 e. The molecule has 1 fully saturated rings. The standard InChI is InChI=1S/C9H14N2O/c12-8-6-10-9(11-8)7-4-2-1-3-5-7/h7H,1-6H2,(H,10,11,12). The molecule has 0 aromatic rings. The molecule has 1 N–H and O–H groups in total. The van der Waals surface area contributed by atoms with Crippen molar-refractivity contribution in [3.05, 3.63) is 0 Å². The zero-order valence-electron chi connectivity index (χ0n) is 7.18. The van der Waals surface area contributed by atoms with Gasteiger partial charge in [-0.2, -0.15) is 0 Å². The Morgan fingerprint density at radius 2 is 2.00 bits per heavy atom. The summed E-state index contributed by atoms with van der Waals surface area (Å²) in [7, 11) is 0. The third-order valence-electron chi connectivity index (χ3n) is 2.65. The highest BCUT2D eigenvalue weighted by Crippen LogP contribution is 2.24. The summed E-state index contributed by atoms with van der Waals surface area (Å²) in [6.07, 6.45) is 6.34. The molecular formula is C9H14N2O. The summed E-state index contributed by atoms with van der Waals surface area (Å²) in [6.45, 7) is 0.353. The van der Waals surface area contributed by atoms with E-state index in [1.54, 1.807) is 0 Å². The highest BCUT2D eigenvalue weighted by atomic mass is 16.2. The number of aliphatic imine (C=N–C) groups is 1. The van der Waals surface area contributed by atoms with Crippen LogP contribution in [0.3, 0.4) is 0 Å². The van der Waals surface area contributed by atoms with Gasteiger partial charge in [-0.15, -0.1) is 0 Å². The van der Waals surface area contributed by atoms with Crippen LogP contribution in [0.5, 0.6) is 0 Å². The number of carbonyl (C=O) groups is 1. The Morgan fingerprint density at radius 1 is 1.25 bits per heavy atom. The van der Waals surface area contributed by atoms with Gasteiger partial charge in [0, 0.05) is 5.92 Å². The zero-order chi connectivity index (χ0) is 8.39. The van der Waals surface area contributed by atoms with E-state index in [9.17, 15) is 4.79 Å². The van der Waals surface area contributed by atoms with E-state index in [0.717, 1.165) is 5.84 Å². The summed E-state index contributed by atoms with van der Waals surface area (Å²) in [5, 5.41) is 2.83. The molecule has 0 aromatic carbocycles. The number of amides is 1. The number of rotatable bonds is 1. The Bertz CT molecular complexity index is 217. The minimum atomic E-state index is 0.0653. The van der Waals surface area contributed by atoms with Gasteiger partial charge >= 0.3 is 0 Å². The molecule has 3 heteroatoms. The number of carbonyl (C=O) groups excluding carboxylic acids is 1. The topological polar surface area (TPSA) is 41.5 Å². The predicted octanol–water partition coefficient (Wildman–Crippen LogP) is 1.09. The van der Waals surface area contributed by atoms with Crippen LogP contribution < -0.4 is 5.32 Å². The summed E-state index contributed by atoms with van der Waals surface area (Å²) in [6, 6.07) is 0. The predicted molar refractivity (Wildman–Crippen MR) is 47.0 cm³/mol. The van der Waals surface area contributed by atoms with Gasteiger partial charge in [-0.3, -0.25) is 9.79 Å². The first-order valence-corrected chi connectivity index (χ1v) is 4.70. The Labute approximate surface area is 72.3 Å². The minimum absolute atomic E-state index is 0.0653. The lowest BCUT2D eigenvalue weighted by molar-refractivity contribution is -0.117. The second kappa shape index (κ2) is 3.25. The van der Waals surface area contributed by atoms with Crippen molar-refractivity contribution in [1.29, 1.82) is 0 Å². The van der Waals surface area contributed by atoms with Crippen LogP contribution in [0.15, 0.2) is 4.99 Å². The van der Waals surface area contributed by atoms with Crippen molar-refractivity contribution >= 4 is 11.7 Å². The number of hydrogen-bond donors (Lipinski definition) is 1. The monoisotopic (exact) mass is 166 g/mol. The summed E-state index contributed by atoms with van der Waals surface area (Å²) >= 11 is 0. The van der Waals surface area contributed by atoms with Gasteiger partial charge in [0.2, 0.25) is 5.91 Å². The van der Waals surface area contributed by atoms with E-state index in [4.69, 9.17) is 0 Å². The Balaban J connectivity index is 1.95. The largest absolute Gasteiger partial charge is 0.313 e. The van der Waals surface area contributed by atoms with E-state index in [1.165, 1.54) is 32.1 Å². The molecule has 1 heterocycles. The van der Waals surface area contributed by atoms with E-state index in [2.05, 4.69) is 10.3 Å². The molecule has 0 aromatic heterocycles. The van der Waals surface area contributed by atoms with E-state index >= 15 is 0 Å². The molecule has 3 nitrogen and oxygen atoms in total. The molecular weight excluding hydrogens is 152 g/mol. The van der Waals surface area contributed by atoms with Gasteiger partial charge in [-0.1, -0.05) is 19.3 Å². The lowest BCUT2D eigenvalue weighted by Crippen LogP contribution is -2.31. The molecule has 0 radical (unpaired) electrons. The van der Waals surface area contributed by atoms with Crippen molar-refractivity contribution in [2.75, 3.05) is 6.54 Å². The van der Waals surface area contributed by atoms with Gasteiger partial charge in [-0.05, 0) is 12.8 Å². The highest BCUT2D eigenvalue weighted by molar-refractivity contribution is 6.04. The molecule has 0 spiro atoms. The SMILES string of the molecule is O=C1CN=C(C2CCCCC2)N1. The number of nitrogens with zero attached hydrogens (tertiary/aromatic N) is 1. The summed E-state index contributed by atoms with van der Waals surface area (Å²) in [4.78, 5) is 15.1. The third kappa shape index (κ3) is 1.49. The lowest BCUT2D eigenvalue weighted by Gasteiger charge is -2.20. The minimum Gasteiger partial charge on any atom is -0.313 e. The first-order chi connectivity index (χ1) is 5.86. The van der Waals surface area contributed by atoms with Gasteiger partial charge in [0.25, 0.3) is 0 Å². The molecule has 66 valence electrons. The first kappa shape index (κ1) is 7.77. The van der Waals surface area contributed by atoms with Crippen LogP contribution in [-0.4, -0.2) is 18.3 Å². The van der Waals surface area contributed by atoms with Crippen molar-refractivity contribution < 1.29 is 4.79 Å². The van der Waals surface area contributed by atoms with Crippen LogP contribution in [0.25, 0.3) is 0 Å².